The van der Waals surface area contributed by atoms with Gasteiger partial charge in [0.25, 0.3) is 11.1 Å². The van der Waals surface area contributed by atoms with Gasteiger partial charge in [0.05, 0.1) is 11.5 Å². The number of hydrogen-bond acceptors (Lipinski definition) is 5. The number of anilines is 1. The predicted molar refractivity (Wildman–Crippen MR) is 131 cm³/mol. The van der Waals surface area contributed by atoms with Crippen LogP contribution in [0.5, 0.6) is 5.75 Å². The van der Waals surface area contributed by atoms with Crippen molar-refractivity contribution in [3.8, 4) is 5.75 Å². The van der Waals surface area contributed by atoms with Crippen LogP contribution < -0.4 is 10.1 Å². The average Bonchev–Trinajstić information content (AvgIpc) is 3.03. The van der Waals surface area contributed by atoms with Gasteiger partial charge >= 0.3 is 0 Å². The summed E-state index contributed by atoms with van der Waals surface area (Å²) in [7, 11) is 0. The summed E-state index contributed by atoms with van der Waals surface area (Å²) in [6.07, 6.45) is 1.61. The van der Waals surface area contributed by atoms with Crippen molar-refractivity contribution in [2.75, 3.05) is 18.5 Å². The Bertz CT molecular complexity index is 1250. The quantitative estimate of drug-likeness (QED) is 0.432. The molecule has 32 heavy (non-hydrogen) atoms. The Kier molecular flexibility index (Phi) is 6.62. The van der Waals surface area contributed by atoms with Crippen LogP contribution in [0.4, 0.5) is 10.5 Å². The van der Waals surface area contributed by atoms with Crippen LogP contribution in [-0.2, 0) is 9.59 Å². The first kappa shape index (κ1) is 22.1. The molecule has 0 saturated carbocycles. The van der Waals surface area contributed by atoms with E-state index in [0.29, 0.717) is 23.6 Å². The van der Waals surface area contributed by atoms with Gasteiger partial charge in [-0.15, -0.1) is 0 Å². The van der Waals surface area contributed by atoms with E-state index in [1.165, 1.54) is 0 Å². The number of benzene rings is 3. The third kappa shape index (κ3) is 4.71. The van der Waals surface area contributed by atoms with E-state index in [9.17, 15) is 14.4 Å². The molecule has 1 heterocycles. The highest BCUT2D eigenvalue weighted by Crippen LogP contribution is 2.35. The standard InChI is InChI=1S/C24H19BrN2O4S/c1-2-31-20-11-10-17(25)12-16(20)13-21-23(29)27(24(30)32-21)14-22(28)26-19-9-5-7-15-6-3-4-8-18(15)19/h3-13H,2,14H2,1H3,(H,26,28)/b21-13+. The van der Waals surface area contributed by atoms with E-state index in [2.05, 4.69) is 21.2 Å². The summed E-state index contributed by atoms with van der Waals surface area (Å²) in [5.41, 5.74) is 1.30. The number of halogens is 1. The molecule has 0 bridgehead atoms. The van der Waals surface area contributed by atoms with Gasteiger partial charge in [-0.25, -0.2) is 0 Å². The zero-order valence-electron chi connectivity index (χ0n) is 17.1. The number of ether oxygens (including phenoxy) is 1. The van der Waals surface area contributed by atoms with Gasteiger partial charge in [0.2, 0.25) is 5.91 Å². The van der Waals surface area contributed by atoms with Crippen molar-refractivity contribution in [2.45, 2.75) is 6.92 Å². The van der Waals surface area contributed by atoms with Crippen molar-refractivity contribution in [1.29, 1.82) is 0 Å². The van der Waals surface area contributed by atoms with Gasteiger partial charge in [0.15, 0.2) is 0 Å². The molecule has 1 N–H and O–H groups in total. The number of nitrogens with one attached hydrogen (secondary N) is 1. The molecule has 1 saturated heterocycles. The fraction of sp³-hybridized carbons (Fsp3) is 0.125. The summed E-state index contributed by atoms with van der Waals surface area (Å²) in [4.78, 5) is 39.2. The number of imide groups is 1. The normalized spacial score (nSPS) is 14.9. The van der Waals surface area contributed by atoms with Crippen LogP contribution in [-0.4, -0.2) is 35.1 Å². The number of rotatable bonds is 6. The summed E-state index contributed by atoms with van der Waals surface area (Å²) in [6.45, 7) is 1.98. The van der Waals surface area contributed by atoms with Crippen molar-refractivity contribution >= 4 is 67.3 Å². The summed E-state index contributed by atoms with van der Waals surface area (Å²) in [6, 6.07) is 18.7. The van der Waals surface area contributed by atoms with Crippen LogP contribution >= 0.6 is 27.7 Å². The van der Waals surface area contributed by atoms with Crippen LogP contribution in [0.1, 0.15) is 12.5 Å². The minimum atomic E-state index is -0.504. The summed E-state index contributed by atoms with van der Waals surface area (Å²) in [5, 5.41) is 4.20. The third-order valence-corrected chi connectivity index (χ3v) is 6.20. The van der Waals surface area contributed by atoms with Gasteiger partial charge in [-0.3, -0.25) is 19.3 Å². The molecular formula is C24H19BrN2O4S. The van der Waals surface area contributed by atoms with Crippen molar-refractivity contribution in [3.63, 3.8) is 0 Å². The maximum Gasteiger partial charge on any atom is 0.294 e. The van der Waals surface area contributed by atoms with E-state index in [4.69, 9.17) is 4.74 Å². The lowest BCUT2D eigenvalue weighted by atomic mass is 10.1. The molecule has 0 radical (unpaired) electrons. The van der Waals surface area contributed by atoms with Crippen LogP contribution in [0.15, 0.2) is 70.0 Å². The van der Waals surface area contributed by atoms with Crippen molar-refractivity contribution in [3.05, 3.63) is 75.6 Å². The number of fused-ring (bicyclic) bond motifs is 1. The largest absolute Gasteiger partial charge is 0.493 e. The van der Waals surface area contributed by atoms with Gasteiger partial charge in [-0.2, -0.15) is 0 Å². The highest BCUT2D eigenvalue weighted by Gasteiger charge is 2.36. The molecule has 8 heteroatoms. The molecule has 1 fully saturated rings. The lowest BCUT2D eigenvalue weighted by Gasteiger charge is -2.13. The monoisotopic (exact) mass is 510 g/mol. The molecule has 1 aliphatic heterocycles. The molecule has 0 aliphatic carbocycles. The number of nitrogens with zero attached hydrogens (tertiary/aromatic N) is 1. The molecule has 3 aromatic carbocycles. The van der Waals surface area contributed by atoms with Gasteiger partial charge in [0.1, 0.15) is 12.3 Å². The van der Waals surface area contributed by atoms with Gasteiger partial charge in [-0.1, -0.05) is 52.3 Å². The summed E-state index contributed by atoms with van der Waals surface area (Å²) in [5.74, 6) is -0.339. The zero-order valence-corrected chi connectivity index (χ0v) is 19.5. The van der Waals surface area contributed by atoms with E-state index in [0.717, 1.165) is 31.9 Å². The fourth-order valence-corrected chi connectivity index (χ4v) is 4.57. The second kappa shape index (κ2) is 9.58. The van der Waals surface area contributed by atoms with Gasteiger partial charge in [0, 0.05) is 21.1 Å². The maximum atomic E-state index is 12.9. The minimum Gasteiger partial charge on any atom is -0.493 e. The molecule has 3 aromatic rings. The number of hydrogen-bond donors (Lipinski definition) is 1. The maximum absolute atomic E-state index is 12.9. The molecule has 6 nitrogen and oxygen atoms in total. The molecule has 162 valence electrons. The summed E-state index contributed by atoms with van der Waals surface area (Å²) < 4.78 is 6.43. The second-order valence-corrected chi connectivity index (χ2v) is 8.87. The van der Waals surface area contributed by atoms with Crippen molar-refractivity contribution < 1.29 is 19.1 Å². The Balaban J connectivity index is 1.52. The average molecular weight is 511 g/mol. The Morgan fingerprint density at radius 3 is 2.72 bits per heavy atom. The summed E-state index contributed by atoms with van der Waals surface area (Å²) >= 11 is 4.22. The van der Waals surface area contributed by atoms with E-state index >= 15 is 0 Å². The lowest BCUT2D eigenvalue weighted by Crippen LogP contribution is -2.36. The number of carbonyl (C=O) groups is 3. The first-order valence-electron chi connectivity index (χ1n) is 9.91. The van der Waals surface area contributed by atoms with Crippen LogP contribution in [0.2, 0.25) is 0 Å². The Morgan fingerprint density at radius 1 is 1.12 bits per heavy atom. The van der Waals surface area contributed by atoms with Crippen LogP contribution in [0, 0.1) is 0 Å². The number of amides is 3. The SMILES string of the molecule is CCOc1ccc(Br)cc1/C=C1/SC(=O)N(CC(=O)Nc2cccc3ccccc23)C1=O. The molecule has 4 rings (SSSR count). The molecule has 1 aliphatic rings. The molecular weight excluding hydrogens is 492 g/mol. The van der Waals surface area contributed by atoms with Crippen molar-refractivity contribution in [2.24, 2.45) is 0 Å². The number of thioether (sulfide) groups is 1. The smallest absolute Gasteiger partial charge is 0.294 e. The van der Waals surface area contributed by atoms with Gasteiger partial charge < -0.3 is 10.1 Å². The van der Waals surface area contributed by atoms with Crippen LogP contribution in [0.3, 0.4) is 0 Å². The lowest BCUT2D eigenvalue weighted by molar-refractivity contribution is -0.127. The van der Waals surface area contributed by atoms with E-state index in [-0.39, 0.29) is 11.4 Å². The Morgan fingerprint density at radius 2 is 1.91 bits per heavy atom. The molecule has 0 unspecified atom stereocenters. The minimum absolute atomic E-state index is 0.243. The van der Waals surface area contributed by atoms with E-state index < -0.39 is 17.1 Å². The molecule has 0 aromatic heterocycles. The van der Waals surface area contributed by atoms with E-state index in [1.54, 1.807) is 18.2 Å². The Hall–Kier alpha value is -3.10. The van der Waals surface area contributed by atoms with E-state index in [1.807, 2.05) is 55.5 Å². The van der Waals surface area contributed by atoms with Gasteiger partial charge in [-0.05, 0) is 54.4 Å². The molecule has 3 amide bonds. The Labute approximate surface area is 197 Å². The van der Waals surface area contributed by atoms with Crippen molar-refractivity contribution in [1.82, 2.24) is 4.90 Å². The number of carbonyl (C=O) groups excluding carboxylic acids is 3. The molecule has 0 atom stereocenters. The third-order valence-electron chi connectivity index (χ3n) is 4.80. The van der Waals surface area contributed by atoms with Crippen LogP contribution in [0.25, 0.3) is 16.8 Å². The first-order chi connectivity index (χ1) is 15.5. The highest BCUT2D eigenvalue weighted by molar-refractivity contribution is 9.10. The highest BCUT2D eigenvalue weighted by atomic mass is 79.9. The predicted octanol–water partition coefficient (Wildman–Crippen LogP) is 5.68. The first-order valence-corrected chi connectivity index (χ1v) is 11.5. The molecule has 0 spiro atoms. The topological polar surface area (TPSA) is 75.7 Å². The second-order valence-electron chi connectivity index (χ2n) is 6.96. The zero-order chi connectivity index (χ0) is 22.7. The fourth-order valence-electron chi connectivity index (χ4n) is 3.36.